The fourth-order valence-electron chi connectivity index (χ4n) is 4.15. The van der Waals surface area contributed by atoms with Crippen LogP contribution in [-0.2, 0) is 14.2 Å². The molecule has 1 saturated carbocycles. The molecule has 0 radical (unpaired) electrons. The van der Waals surface area contributed by atoms with Gasteiger partial charge in [0.05, 0.1) is 18.2 Å². The zero-order valence-corrected chi connectivity index (χ0v) is 18.9. The summed E-state index contributed by atoms with van der Waals surface area (Å²) < 4.78 is 36.2. The lowest BCUT2D eigenvalue weighted by molar-refractivity contribution is -0.0897. The molecule has 8 nitrogen and oxygen atoms in total. The first-order chi connectivity index (χ1) is 16.0. The van der Waals surface area contributed by atoms with Crippen molar-refractivity contribution in [3.63, 3.8) is 0 Å². The standard InChI is InChI=1S/C23H22FN3O5S/c1-12-18-20(25-11-26-21(18)33-19(12)22(28)29-2)27-15-8-7-14(24)9-16(15)31-17-10-30-23(32-17)13-5-3-4-6-13/h7-11,13,23H,3-6H2,1-2H3,(H,25,26,27). The number of aromatic nitrogens is 2. The van der Waals surface area contributed by atoms with Gasteiger partial charge in [0.15, 0.2) is 12.0 Å². The van der Waals surface area contributed by atoms with Crippen molar-refractivity contribution in [3.05, 3.63) is 53.0 Å². The maximum atomic E-state index is 14.1. The molecule has 3 heterocycles. The number of benzene rings is 1. The second-order valence-corrected chi connectivity index (χ2v) is 8.92. The molecular formula is C23H22FN3O5S. The van der Waals surface area contributed by atoms with E-state index in [4.69, 9.17) is 18.9 Å². The Hall–Kier alpha value is -3.40. The Bertz CT molecular complexity index is 1240. The van der Waals surface area contributed by atoms with Crippen LogP contribution in [0.1, 0.15) is 40.9 Å². The number of nitrogens with one attached hydrogen (secondary N) is 1. The minimum atomic E-state index is -0.463. The highest BCUT2D eigenvalue weighted by atomic mass is 32.1. The summed E-state index contributed by atoms with van der Waals surface area (Å²) in [5, 5.41) is 3.86. The number of carbonyl (C=O) groups is 1. The van der Waals surface area contributed by atoms with Gasteiger partial charge in [0.2, 0.25) is 6.29 Å². The quantitative estimate of drug-likeness (QED) is 0.477. The number of fused-ring (bicyclic) bond motifs is 1. The molecule has 2 aromatic heterocycles. The summed E-state index contributed by atoms with van der Waals surface area (Å²) in [6.07, 6.45) is 6.87. The Morgan fingerprint density at radius 1 is 1.27 bits per heavy atom. The summed E-state index contributed by atoms with van der Waals surface area (Å²) >= 11 is 1.22. The third-order valence-corrected chi connectivity index (χ3v) is 7.00. The van der Waals surface area contributed by atoms with Gasteiger partial charge in [-0.1, -0.05) is 12.8 Å². The lowest BCUT2D eigenvalue weighted by atomic mass is 10.1. The van der Waals surface area contributed by atoms with Crippen molar-refractivity contribution in [1.29, 1.82) is 0 Å². The number of rotatable bonds is 6. The summed E-state index contributed by atoms with van der Waals surface area (Å²) in [7, 11) is 1.33. The van der Waals surface area contributed by atoms with E-state index in [9.17, 15) is 9.18 Å². The molecule has 3 aromatic rings. The Labute approximate surface area is 193 Å². The van der Waals surface area contributed by atoms with Gasteiger partial charge in [-0.2, -0.15) is 0 Å². The zero-order chi connectivity index (χ0) is 22.9. The van der Waals surface area contributed by atoms with Gasteiger partial charge in [-0.25, -0.2) is 19.2 Å². The third-order valence-electron chi connectivity index (χ3n) is 5.82. The number of hydrogen-bond donors (Lipinski definition) is 1. The minimum absolute atomic E-state index is 0.174. The van der Waals surface area contributed by atoms with Gasteiger partial charge in [-0.05, 0) is 37.5 Å². The molecular weight excluding hydrogens is 449 g/mol. The van der Waals surface area contributed by atoms with Crippen LogP contribution in [0.4, 0.5) is 15.9 Å². The molecule has 1 aromatic carbocycles. The smallest absolute Gasteiger partial charge is 0.348 e. The van der Waals surface area contributed by atoms with Crippen LogP contribution < -0.4 is 10.1 Å². The molecule has 10 heteroatoms. The number of aryl methyl sites for hydroxylation is 1. The number of carbonyl (C=O) groups excluding carboxylic acids is 1. The van der Waals surface area contributed by atoms with Gasteiger partial charge in [0.25, 0.3) is 0 Å². The van der Waals surface area contributed by atoms with Crippen LogP contribution in [0.3, 0.4) is 0 Å². The average Bonchev–Trinajstić information content (AvgIpc) is 3.56. The van der Waals surface area contributed by atoms with Crippen LogP contribution in [0.15, 0.2) is 36.7 Å². The van der Waals surface area contributed by atoms with E-state index >= 15 is 0 Å². The van der Waals surface area contributed by atoms with E-state index in [2.05, 4.69) is 15.3 Å². The van der Waals surface area contributed by atoms with Gasteiger partial charge >= 0.3 is 11.9 Å². The molecule has 0 amide bonds. The van der Waals surface area contributed by atoms with Crippen molar-refractivity contribution < 1.29 is 28.1 Å². The van der Waals surface area contributed by atoms with Gasteiger partial charge < -0.3 is 24.3 Å². The Morgan fingerprint density at radius 2 is 2.09 bits per heavy atom. The van der Waals surface area contributed by atoms with E-state index < -0.39 is 11.8 Å². The summed E-state index contributed by atoms with van der Waals surface area (Å²) in [5.74, 6) is 0.274. The highest BCUT2D eigenvalue weighted by Crippen LogP contribution is 2.38. The summed E-state index contributed by atoms with van der Waals surface area (Å²) in [5.41, 5.74) is 1.17. The molecule has 5 rings (SSSR count). The van der Waals surface area contributed by atoms with E-state index in [1.165, 1.54) is 43.2 Å². The SMILES string of the molecule is COC(=O)c1sc2ncnc(Nc3ccc(F)cc3OC3=COC(C4CCCC4)O3)c2c1C. The molecule has 0 spiro atoms. The lowest BCUT2D eigenvalue weighted by Gasteiger charge is -2.18. The number of nitrogens with zero attached hydrogens (tertiary/aromatic N) is 2. The lowest BCUT2D eigenvalue weighted by Crippen LogP contribution is -2.19. The molecule has 0 bridgehead atoms. The molecule has 1 atom stereocenters. The van der Waals surface area contributed by atoms with Gasteiger partial charge in [0.1, 0.15) is 27.7 Å². The van der Waals surface area contributed by atoms with Crippen LogP contribution in [-0.4, -0.2) is 29.3 Å². The number of halogens is 1. The number of methoxy groups -OCH3 is 1. The highest BCUT2D eigenvalue weighted by Gasteiger charge is 2.32. The Morgan fingerprint density at radius 3 is 2.88 bits per heavy atom. The van der Waals surface area contributed by atoms with Crippen LogP contribution >= 0.6 is 11.3 Å². The fourth-order valence-corrected chi connectivity index (χ4v) is 5.22. The highest BCUT2D eigenvalue weighted by molar-refractivity contribution is 7.20. The largest absolute Gasteiger partial charge is 0.465 e. The summed E-state index contributed by atoms with van der Waals surface area (Å²) in [4.78, 5) is 21.8. The topological polar surface area (TPSA) is 91.8 Å². The number of esters is 1. The zero-order valence-electron chi connectivity index (χ0n) is 18.1. The Kier molecular flexibility index (Phi) is 5.76. The first-order valence-electron chi connectivity index (χ1n) is 10.6. The molecule has 1 fully saturated rings. The fraction of sp³-hybridized carbons (Fsp3) is 0.348. The van der Waals surface area contributed by atoms with E-state index in [1.54, 1.807) is 13.0 Å². The van der Waals surface area contributed by atoms with Crippen molar-refractivity contribution in [2.45, 2.75) is 38.9 Å². The molecule has 33 heavy (non-hydrogen) atoms. The normalized spacial score (nSPS) is 18.0. The molecule has 0 saturated heterocycles. The van der Waals surface area contributed by atoms with E-state index in [-0.39, 0.29) is 18.0 Å². The number of hydrogen-bond acceptors (Lipinski definition) is 9. The Balaban J connectivity index is 1.41. The predicted octanol–water partition coefficient (Wildman–Crippen LogP) is 5.41. The second-order valence-electron chi connectivity index (χ2n) is 7.92. The van der Waals surface area contributed by atoms with Crippen LogP contribution in [0, 0.1) is 18.7 Å². The van der Waals surface area contributed by atoms with Crippen LogP contribution in [0.25, 0.3) is 10.2 Å². The third kappa shape index (κ3) is 4.18. The minimum Gasteiger partial charge on any atom is -0.465 e. The van der Waals surface area contributed by atoms with Gasteiger partial charge in [-0.15, -0.1) is 11.3 Å². The first-order valence-corrected chi connectivity index (χ1v) is 11.4. The van der Waals surface area contributed by atoms with Crippen molar-refractivity contribution >= 4 is 39.0 Å². The monoisotopic (exact) mass is 471 g/mol. The van der Waals surface area contributed by atoms with Crippen molar-refractivity contribution in [1.82, 2.24) is 9.97 Å². The molecule has 1 aliphatic carbocycles. The number of anilines is 2. The van der Waals surface area contributed by atoms with Crippen molar-refractivity contribution in [3.8, 4) is 5.75 Å². The van der Waals surface area contributed by atoms with Gasteiger partial charge in [0, 0.05) is 12.0 Å². The van der Waals surface area contributed by atoms with E-state index in [1.807, 2.05) is 0 Å². The average molecular weight is 472 g/mol. The molecule has 2 aliphatic rings. The number of ether oxygens (including phenoxy) is 4. The first kappa shape index (κ1) is 21.4. The van der Waals surface area contributed by atoms with Crippen LogP contribution in [0.5, 0.6) is 5.75 Å². The molecule has 1 N–H and O–H groups in total. The van der Waals surface area contributed by atoms with Crippen molar-refractivity contribution in [2.75, 3.05) is 12.4 Å². The predicted molar refractivity (Wildman–Crippen MR) is 120 cm³/mol. The number of thiophene rings is 1. The molecule has 172 valence electrons. The van der Waals surface area contributed by atoms with E-state index in [0.29, 0.717) is 38.1 Å². The molecule has 1 unspecified atom stereocenters. The summed E-state index contributed by atoms with van der Waals surface area (Å²) in [6, 6.07) is 4.12. The maximum Gasteiger partial charge on any atom is 0.348 e. The molecule has 1 aliphatic heterocycles. The van der Waals surface area contributed by atoms with E-state index in [0.717, 1.165) is 25.7 Å². The van der Waals surface area contributed by atoms with Gasteiger partial charge in [-0.3, -0.25) is 0 Å². The summed E-state index contributed by atoms with van der Waals surface area (Å²) in [6.45, 7) is 1.80. The second kappa shape index (κ2) is 8.86. The maximum absolute atomic E-state index is 14.1. The van der Waals surface area contributed by atoms with Crippen LogP contribution in [0.2, 0.25) is 0 Å². The van der Waals surface area contributed by atoms with Crippen molar-refractivity contribution in [2.24, 2.45) is 5.92 Å².